The van der Waals surface area contributed by atoms with Gasteiger partial charge in [0.25, 0.3) is 0 Å². The maximum Gasteiger partial charge on any atom is 0.339 e. The highest BCUT2D eigenvalue weighted by Gasteiger charge is 2.91. The van der Waals surface area contributed by atoms with E-state index in [-0.39, 0.29) is 11.9 Å². The molecule has 3 aromatic rings. The summed E-state index contributed by atoms with van der Waals surface area (Å²) >= 11 is 0. The van der Waals surface area contributed by atoms with Crippen LogP contribution in [0.5, 0.6) is 5.75 Å². The lowest BCUT2D eigenvalue weighted by molar-refractivity contribution is 0.0211. The summed E-state index contributed by atoms with van der Waals surface area (Å²) in [5.74, 6) is 0.758. The molecule has 0 radical (unpaired) electrons. The molecule has 37 heavy (non-hydrogen) atoms. The van der Waals surface area contributed by atoms with E-state index in [2.05, 4.69) is 58.3 Å². The van der Waals surface area contributed by atoms with Gasteiger partial charge in [-0.25, -0.2) is 4.79 Å². The Balaban J connectivity index is 1.28. The van der Waals surface area contributed by atoms with Gasteiger partial charge in [0.2, 0.25) is 0 Å². The Labute approximate surface area is 218 Å². The van der Waals surface area contributed by atoms with Gasteiger partial charge in [-0.3, -0.25) is 0 Å². The van der Waals surface area contributed by atoms with Crippen molar-refractivity contribution >= 4 is 17.3 Å². The summed E-state index contributed by atoms with van der Waals surface area (Å²) in [6, 6.07) is 22.0. The quantitative estimate of drug-likeness (QED) is 0.410. The number of ether oxygens (including phenoxy) is 2. The van der Waals surface area contributed by atoms with Crippen molar-refractivity contribution in [2.45, 2.75) is 49.5 Å². The minimum atomic E-state index is -0.633. The third-order valence-electron chi connectivity index (χ3n) is 9.57. The van der Waals surface area contributed by atoms with E-state index in [4.69, 9.17) is 9.47 Å². The van der Waals surface area contributed by atoms with E-state index < -0.39 is 11.0 Å². The van der Waals surface area contributed by atoms with E-state index in [0.717, 1.165) is 43.1 Å². The van der Waals surface area contributed by atoms with Gasteiger partial charge in [-0.05, 0) is 80.1 Å². The molecular formula is C32H32N2O3. The highest BCUT2D eigenvalue weighted by Crippen LogP contribution is 2.88. The maximum absolute atomic E-state index is 13.1. The second-order valence-electron chi connectivity index (χ2n) is 11.2. The van der Waals surface area contributed by atoms with Gasteiger partial charge in [-0.2, -0.15) is 0 Å². The van der Waals surface area contributed by atoms with Crippen LogP contribution in [0.15, 0.2) is 60.7 Å². The molecule has 8 rings (SSSR count). The highest BCUT2D eigenvalue weighted by atomic mass is 16.6. The van der Waals surface area contributed by atoms with E-state index in [1.807, 2.05) is 19.1 Å². The molecule has 2 atom stereocenters. The summed E-state index contributed by atoms with van der Waals surface area (Å²) in [6.45, 7) is 7.11. The monoisotopic (exact) mass is 492 g/mol. The number of hydrogen-bond donors (Lipinski definition) is 0. The number of carbonyl (C=O) groups excluding carboxylic acids is 1. The van der Waals surface area contributed by atoms with Crippen LogP contribution in [0.3, 0.4) is 0 Å². The van der Waals surface area contributed by atoms with Crippen LogP contribution in [0.2, 0.25) is 0 Å². The topological polar surface area (TPSA) is 42.0 Å². The molecule has 5 aliphatic rings. The highest BCUT2D eigenvalue weighted by molar-refractivity contribution is 6.02. The normalized spacial score (nSPS) is 26.0. The van der Waals surface area contributed by atoms with Gasteiger partial charge in [0.05, 0.1) is 23.5 Å². The van der Waals surface area contributed by atoms with Crippen LogP contribution in [-0.4, -0.2) is 38.8 Å². The van der Waals surface area contributed by atoms with Gasteiger partial charge in [0, 0.05) is 48.7 Å². The molecule has 5 heteroatoms. The molecule has 0 N–H and O–H groups in total. The van der Waals surface area contributed by atoms with Crippen molar-refractivity contribution in [3.8, 4) is 5.75 Å². The van der Waals surface area contributed by atoms with Crippen molar-refractivity contribution in [2.24, 2.45) is 0 Å². The van der Waals surface area contributed by atoms with E-state index in [0.29, 0.717) is 12.2 Å². The molecule has 3 aromatic carbocycles. The smallest absolute Gasteiger partial charge is 0.339 e. The summed E-state index contributed by atoms with van der Waals surface area (Å²) in [5.41, 5.74) is 6.85. The van der Waals surface area contributed by atoms with Crippen molar-refractivity contribution < 1.29 is 14.3 Å². The molecule has 3 aliphatic heterocycles. The first-order chi connectivity index (χ1) is 18.2. The van der Waals surface area contributed by atoms with E-state index in [9.17, 15) is 4.79 Å². The molecule has 2 aliphatic carbocycles. The zero-order valence-corrected chi connectivity index (χ0v) is 21.3. The maximum atomic E-state index is 13.1. The fourth-order valence-electron chi connectivity index (χ4n) is 8.01. The molecule has 188 valence electrons. The Morgan fingerprint density at radius 3 is 1.86 bits per heavy atom. The summed E-state index contributed by atoms with van der Waals surface area (Å²) in [6.07, 6.45) is 5.03. The van der Waals surface area contributed by atoms with Crippen molar-refractivity contribution in [2.75, 3.05) is 42.6 Å². The first-order valence-corrected chi connectivity index (χ1v) is 13.9. The predicted molar refractivity (Wildman–Crippen MR) is 144 cm³/mol. The van der Waals surface area contributed by atoms with Crippen LogP contribution in [0.1, 0.15) is 71.1 Å². The second kappa shape index (κ2) is 7.53. The second-order valence-corrected chi connectivity index (χ2v) is 11.2. The zero-order valence-electron chi connectivity index (χ0n) is 21.3. The molecule has 2 unspecified atom stereocenters. The molecule has 1 spiro atoms. The zero-order chi connectivity index (χ0) is 24.8. The fraction of sp³-hybridized carbons (Fsp3) is 0.406. The molecule has 3 fully saturated rings. The van der Waals surface area contributed by atoms with Gasteiger partial charge >= 0.3 is 5.97 Å². The van der Waals surface area contributed by atoms with Gasteiger partial charge in [0.1, 0.15) is 5.75 Å². The number of rotatable bonds is 6. The van der Waals surface area contributed by atoms with Crippen LogP contribution in [0.4, 0.5) is 11.4 Å². The van der Waals surface area contributed by atoms with Crippen LogP contribution >= 0.6 is 0 Å². The number of anilines is 2. The van der Waals surface area contributed by atoms with Gasteiger partial charge in [-0.1, -0.05) is 24.3 Å². The first-order valence-electron chi connectivity index (χ1n) is 13.9. The van der Waals surface area contributed by atoms with Crippen molar-refractivity contribution in [3.05, 3.63) is 88.5 Å². The number of benzene rings is 3. The minimum absolute atomic E-state index is 0.0678. The Morgan fingerprint density at radius 2 is 1.35 bits per heavy atom. The molecule has 1 saturated carbocycles. The Morgan fingerprint density at radius 1 is 0.811 bits per heavy atom. The summed E-state index contributed by atoms with van der Waals surface area (Å²) < 4.78 is 12.5. The van der Waals surface area contributed by atoms with Crippen molar-refractivity contribution in [1.82, 2.24) is 0 Å². The van der Waals surface area contributed by atoms with Crippen molar-refractivity contribution in [3.63, 3.8) is 0 Å². The van der Waals surface area contributed by atoms with Crippen LogP contribution < -0.4 is 14.5 Å². The molecule has 3 heterocycles. The fourth-order valence-corrected chi connectivity index (χ4v) is 8.01. The van der Waals surface area contributed by atoms with Crippen LogP contribution in [-0.2, 0) is 15.8 Å². The summed E-state index contributed by atoms with van der Waals surface area (Å²) in [7, 11) is 0. The number of carbonyl (C=O) groups is 1. The number of esters is 1. The standard InChI is InChI=1S/C32H32N2O3/c1-2-36-26-16-15-25-28-27(26)29-31(32(28,29)37-30(25)35,21-7-11-23(12-8-21)33-17-3-4-18-33)22-9-13-24(14-10-22)34-19-5-6-20-34/h7-16,29H,2-6,17-20H2,1H3. The lowest BCUT2D eigenvalue weighted by Gasteiger charge is -2.27. The van der Waals surface area contributed by atoms with Crippen LogP contribution in [0, 0.1) is 0 Å². The number of fused-ring (bicyclic) bond motifs is 1. The van der Waals surface area contributed by atoms with Crippen molar-refractivity contribution in [1.29, 1.82) is 0 Å². The minimum Gasteiger partial charge on any atom is -0.494 e. The molecule has 2 saturated heterocycles. The van der Waals surface area contributed by atoms with E-state index in [1.165, 1.54) is 48.2 Å². The Bertz CT molecular complexity index is 1340. The molecule has 0 aromatic heterocycles. The van der Waals surface area contributed by atoms with E-state index in [1.54, 1.807) is 0 Å². The average molecular weight is 493 g/mol. The first kappa shape index (κ1) is 21.6. The lowest BCUT2D eigenvalue weighted by atomic mass is 9.82. The third-order valence-corrected chi connectivity index (χ3v) is 9.57. The Hall–Kier alpha value is -3.47. The molecule has 0 bridgehead atoms. The molecule has 5 nitrogen and oxygen atoms in total. The lowest BCUT2D eigenvalue weighted by Crippen LogP contribution is -2.26. The predicted octanol–water partition coefficient (Wildman–Crippen LogP) is 5.75. The molecule has 0 amide bonds. The SMILES string of the molecule is CCOc1ccc2c3c1C1C3(OC2=O)C1(c1ccc(N2CCCC2)cc1)c1ccc(N2CCCC2)cc1. The van der Waals surface area contributed by atoms with Gasteiger partial charge < -0.3 is 19.3 Å². The summed E-state index contributed by atoms with van der Waals surface area (Å²) in [5, 5.41) is 0. The molecular weight excluding hydrogens is 460 g/mol. The summed E-state index contributed by atoms with van der Waals surface area (Å²) in [4.78, 5) is 18.1. The van der Waals surface area contributed by atoms with Gasteiger partial charge in [0.15, 0.2) is 5.60 Å². The third kappa shape index (κ3) is 2.57. The number of nitrogens with zero attached hydrogens (tertiary/aromatic N) is 2. The Kier molecular flexibility index (Phi) is 4.40. The van der Waals surface area contributed by atoms with Gasteiger partial charge in [-0.15, -0.1) is 0 Å². The van der Waals surface area contributed by atoms with E-state index >= 15 is 0 Å². The van der Waals surface area contributed by atoms with Crippen LogP contribution in [0.25, 0.3) is 0 Å². The average Bonchev–Trinajstić information content (AvgIpc) is 3.53. The number of hydrogen-bond acceptors (Lipinski definition) is 5. The largest absolute Gasteiger partial charge is 0.494 e.